The molecule has 1 heterocycles. The Labute approximate surface area is 182 Å². The zero-order chi connectivity index (χ0) is 23.5. The summed E-state index contributed by atoms with van der Waals surface area (Å²) in [5, 5.41) is 0. The number of ether oxygens (including phenoxy) is 1. The number of sulfonamides is 1. The minimum absolute atomic E-state index is 0.0367. The van der Waals surface area contributed by atoms with Crippen molar-refractivity contribution in [3.8, 4) is 0 Å². The third kappa shape index (κ3) is 4.83. The number of hydrogen-bond acceptors (Lipinski definition) is 5. The lowest BCUT2D eigenvalue weighted by atomic mass is 10.1. The summed E-state index contributed by atoms with van der Waals surface area (Å²) in [7, 11) is -3.12. The van der Waals surface area contributed by atoms with Crippen molar-refractivity contribution in [3.63, 3.8) is 0 Å². The second-order valence-corrected chi connectivity index (χ2v) is 8.76. The van der Waals surface area contributed by atoms with Crippen molar-refractivity contribution >= 4 is 28.0 Å². The molecule has 0 aliphatic carbocycles. The highest BCUT2D eigenvalue weighted by atomic mass is 32.2. The van der Waals surface area contributed by atoms with E-state index in [4.69, 9.17) is 0 Å². The quantitative estimate of drug-likeness (QED) is 0.382. The fourth-order valence-electron chi connectivity index (χ4n) is 3.12. The lowest BCUT2D eigenvalue weighted by Gasteiger charge is -2.33. The molecule has 0 N–H and O–H groups in total. The van der Waals surface area contributed by atoms with Crippen molar-refractivity contribution in [3.05, 3.63) is 71.1 Å². The average molecular weight is 468 g/mol. The first kappa shape index (κ1) is 23.5. The molecule has 0 spiro atoms. The Hall–Kier alpha value is -3.18. The first-order valence-electron chi connectivity index (χ1n) is 9.44. The molecular formula is C21H19F3N2O5S. The third-order valence-corrected chi connectivity index (χ3v) is 6.83. The molecule has 0 unspecified atom stereocenters. The molecule has 0 bridgehead atoms. The number of carbonyl (C=O) groups is 2. The Morgan fingerprint density at radius 1 is 0.938 bits per heavy atom. The highest BCUT2D eigenvalue weighted by Gasteiger charge is 2.33. The Morgan fingerprint density at radius 2 is 1.56 bits per heavy atom. The average Bonchev–Trinajstić information content (AvgIpc) is 2.80. The van der Waals surface area contributed by atoms with E-state index >= 15 is 0 Å². The van der Waals surface area contributed by atoms with Crippen LogP contribution in [0.4, 0.5) is 13.2 Å². The van der Waals surface area contributed by atoms with Gasteiger partial charge >= 0.3 is 5.97 Å². The second-order valence-electron chi connectivity index (χ2n) is 6.85. The number of benzene rings is 2. The van der Waals surface area contributed by atoms with Gasteiger partial charge in [-0.2, -0.15) is 4.31 Å². The van der Waals surface area contributed by atoms with E-state index in [1.165, 1.54) is 18.1 Å². The van der Waals surface area contributed by atoms with Gasteiger partial charge in [-0.15, -0.1) is 0 Å². The van der Waals surface area contributed by atoms with Gasteiger partial charge in [-0.1, -0.05) is 12.1 Å². The fraction of sp³-hybridized carbons (Fsp3) is 0.238. The zero-order valence-corrected chi connectivity index (χ0v) is 17.7. The molecule has 2 aromatic rings. The molecule has 32 heavy (non-hydrogen) atoms. The SMILES string of the molecule is COC(=O)c1ccc(/C=C/C(=O)N2CCN(S(=O)(=O)c3ccc(F)c(F)c3F)CC2)cc1. The van der Waals surface area contributed by atoms with Gasteiger partial charge in [0.05, 0.1) is 12.7 Å². The first-order chi connectivity index (χ1) is 15.1. The predicted molar refractivity (Wildman–Crippen MR) is 108 cm³/mol. The van der Waals surface area contributed by atoms with Crippen LogP contribution in [0, 0.1) is 17.5 Å². The normalized spacial score (nSPS) is 15.2. The maximum atomic E-state index is 13.9. The van der Waals surface area contributed by atoms with Crippen LogP contribution in [0.25, 0.3) is 6.08 Å². The van der Waals surface area contributed by atoms with Crippen LogP contribution < -0.4 is 0 Å². The summed E-state index contributed by atoms with van der Waals surface area (Å²) in [5.74, 6) is -5.95. The molecule has 7 nitrogen and oxygen atoms in total. The van der Waals surface area contributed by atoms with Crippen molar-refractivity contribution in [1.82, 2.24) is 9.21 Å². The molecule has 0 saturated carbocycles. The van der Waals surface area contributed by atoms with E-state index in [9.17, 15) is 31.2 Å². The molecule has 1 aliphatic heterocycles. The molecule has 170 valence electrons. The molecule has 1 amide bonds. The molecule has 11 heteroatoms. The van der Waals surface area contributed by atoms with Crippen molar-refractivity contribution in [1.29, 1.82) is 0 Å². The topological polar surface area (TPSA) is 84.0 Å². The summed E-state index contributed by atoms with van der Waals surface area (Å²) < 4.78 is 71.2. The lowest BCUT2D eigenvalue weighted by molar-refractivity contribution is -0.127. The smallest absolute Gasteiger partial charge is 0.337 e. The Morgan fingerprint density at radius 3 is 2.16 bits per heavy atom. The summed E-state index contributed by atoms with van der Waals surface area (Å²) >= 11 is 0. The van der Waals surface area contributed by atoms with Gasteiger partial charge in [0.15, 0.2) is 17.5 Å². The molecule has 2 aromatic carbocycles. The van der Waals surface area contributed by atoms with Gasteiger partial charge in [-0.3, -0.25) is 4.79 Å². The summed E-state index contributed by atoms with van der Waals surface area (Å²) in [6.07, 6.45) is 2.86. The van der Waals surface area contributed by atoms with Crippen LogP contribution in [0.5, 0.6) is 0 Å². The highest BCUT2D eigenvalue weighted by molar-refractivity contribution is 7.89. The molecular weight excluding hydrogens is 449 g/mol. The van der Waals surface area contributed by atoms with Gasteiger partial charge in [0.1, 0.15) is 4.90 Å². The van der Waals surface area contributed by atoms with E-state index in [0.29, 0.717) is 23.3 Å². The van der Waals surface area contributed by atoms with E-state index in [-0.39, 0.29) is 32.1 Å². The number of hydrogen-bond donors (Lipinski definition) is 0. The van der Waals surface area contributed by atoms with Crippen LogP contribution in [0.1, 0.15) is 15.9 Å². The molecule has 3 rings (SSSR count). The largest absolute Gasteiger partial charge is 0.465 e. The highest BCUT2D eigenvalue weighted by Crippen LogP contribution is 2.24. The van der Waals surface area contributed by atoms with Gasteiger partial charge in [0, 0.05) is 32.3 Å². The van der Waals surface area contributed by atoms with E-state index in [2.05, 4.69) is 4.74 Å². The Kier molecular flexibility index (Phi) is 6.99. The van der Waals surface area contributed by atoms with Gasteiger partial charge in [0.25, 0.3) is 0 Å². The van der Waals surface area contributed by atoms with Crippen LogP contribution in [-0.2, 0) is 19.6 Å². The maximum absolute atomic E-state index is 13.9. The monoisotopic (exact) mass is 468 g/mol. The predicted octanol–water partition coefficient (Wildman–Crippen LogP) is 2.44. The van der Waals surface area contributed by atoms with Crippen LogP contribution in [0.2, 0.25) is 0 Å². The molecule has 0 aromatic heterocycles. The third-order valence-electron chi connectivity index (χ3n) is 4.92. The number of methoxy groups -OCH3 is 1. The molecule has 0 atom stereocenters. The van der Waals surface area contributed by atoms with Crippen LogP contribution >= 0.6 is 0 Å². The van der Waals surface area contributed by atoms with Crippen molar-refractivity contribution in [2.45, 2.75) is 4.90 Å². The number of esters is 1. The van der Waals surface area contributed by atoms with E-state index < -0.39 is 38.3 Å². The summed E-state index contributed by atoms with van der Waals surface area (Å²) in [6.45, 7) is -0.188. The minimum atomic E-state index is -4.39. The number of rotatable bonds is 5. The Balaban J connectivity index is 1.62. The zero-order valence-electron chi connectivity index (χ0n) is 16.9. The van der Waals surface area contributed by atoms with Crippen LogP contribution in [0.15, 0.2) is 47.4 Å². The van der Waals surface area contributed by atoms with Crippen LogP contribution in [-0.4, -0.2) is 62.8 Å². The number of amides is 1. The van der Waals surface area contributed by atoms with E-state index in [1.54, 1.807) is 30.3 Å². The van der Waals surface area contributed by atoms with Crippen molar-refractivity contribution in [2.24, 2.45) is 0 Å². The second kappa shape index (κ2) is 9.53. The molecule has 1 fully saturated rings. The Bertz CT molecular complexity index is 1160. The summed E-state index contributed by atoms with van der Waals surface area (Å²) in [4.78, 5) is 24.3. The van der Waals surface area contributed by atoms with E-state index in [0.717, 1.165) is 4.31 Å². The van der Waals surface area contributed by atoms with Crippen LogP contribution in [0.3, 0.4) is 0 Å². The summed E-state index contributed by atoms with van der Waals surface area (Å²) in [5.41, 5.74) is 1.03. The van der Waals surface area contributed by atoms with Gasteiger partial charge in [0.2, 0.25) is 15.9 Å². The molecule has 0 radical (unpaired) electrons. The number of nitrogens with zero attached hydrogens (tertiary/aromatic N) is 2. The molecule has 1 saturated heterocycles. The van der Waals surface area contributed by atoms with Crippen molar-refractivity contribution in [2.75, 3.05) is 33.3 Å². The van der Waals surface area contributed by atoms with Gasteiger partial charge in [-0.25, -0.2) is 26.4 Å². The number of piperazine rings is 1. The minimum Gasteiger partial charge on any atom is -0.465 e. The summed E-state index contributed by atoms with van der Waals surface area (Å²) in [6, 6.07) is 7.60. The maximum Gasteiger partial charge on any atom is 0.337 e. The lowest BCUT2D eigenvalue weighted by Crippen LogP contribution is -2.50. The van der Waals surface area contributed by atoms with Crippen molar-refractivity contribution < 1.29 is 35.9 Å². The van der Waals surface area contributed by atoms with E-state index in [1.807, 2.05) is 0 Å². The first-order valence-corrected chi connectivity index (χ1v) is 10.9. The fourth-order valence-corrected chi connectivity index (χ4v) is 4.59. The molecule has 1 aliphatic rings. The number of halogens is 3. The number of carbonyl (C=O) groups excluding carboxylic acids is 2. The van der Waals surface area contributed by atoms with Gasteiger partial charge in [-0.05, 0) is 35.9 Å². The standard InChI is InChI=1S/C21H19F3N2O5S/c1-31-21(28)15-5-2-14(3-6-15)4-9-18(27)25-10-12-26(13-11-25)32(29,30)17-8-7-16(22)19(23)20(17)24/h2-9H,10-13H2,1H3/b9-4+. The van der Waals surface area contributed by atoms with Gasteiger partial charge < -0.3 is 9.64 Å².